The van der Waals surface area contributed by atoms with Crippen LogP contribution in [-0.4, -0.2) is 53.7 Å². The zero-order chi connectivity index (χ0) is 25.4. The van der Waals surface area contributed by atoms with Crippen LogP contribution in [0.15, 0.2) is 59.5 Å². The minimum atomic E-state index is -3.77. The van der Waals surface area contributed by atoms with Gasteiger partial charge in [0.1, 0.15) is 17.1 Å². The molecule has 1 aliphatic rings. The van der Waals surface area contributed by atoms with Gasteiger partial charge in [-0.25, -0.2) is 18.4 Å². The normalized spacial score (nSPS) is 15.3. The molecule has 8 nitrogen and oxygen atoms in total. The number of nitrogens with zero attached hydrogens (tertiary/aromatic N) is 4. The smallest absolute Gasteiger partial charge is 0.243 e. The number of halogens is 1. The number of sulfonamides is 1. The van der Waals surface area contributed by atoms with Crippen molar-refractivity contribution in [2.24, 2.45) is 0 Å². The van der Waals surface area contributed by atoms with Gasteiger partial charge in [-0.1, -0.05) is 23.7 Å². The fraction of sp³-hybridized carbons (Fsp3) is 0.269. The van der Waals surface area contributed by atoms with E-state index in [1.54, 1.807) is 0 Å². The third-order valence-corrected chi connectivity index (χ3v) is 8.77. The van der Waals surface area contributed by atoms with Crippen LogP contribution in [0.5, 0.6) is 5.75 Å². The number of fused-ring (bicyclic) bond motifs is 1. The predicted molar refractivity (Wildman–Crippen MR) is 138 cm³/mol. The highest BCUT2D eigenvalue weighted by atomic mass is 35.5. The highest BCUT2D eigenvalue weighted by molar-refractivity contribution is 7.89. The SMILES string of the molecule is COc1ccc(S(=O)(=O)N2CCC(n3c(-c4ccccc4Cl)nc4ccc(C)nc43)CC2)cc1C=O. The number of rotatable bonds is 6. The molecule has 186 valence electrons. The lowest BCUT2D eigenvalue weighted by Crippen LogP contribution is -2.39. The molecule has 3 heterocycles. The second-order valence-corrected chi connectivity index (χ2v) is 11.1. The highest BCUT2D eigenvalue weighted by Crippen LogP contribution is 2.36. The molecule has 4 aromatic rings. The molecule has 2 aromatic heterocycles. The second kappa shape index (κ2) is 9.65. The molecule has 0 bridgehead atoms. The van der Waals surface area contributed by atoms with Crippen molar-refractivity contribution in [1.29, 1.82) is 0 Å². The molecule has 0 N–H and O–H groups in total. The van der Waals surface area contributed by atoms with E-state index in [0.29, 0.717) is 43.0 Å². The molecule has 2 aromatic carbocycles. The van der Waals surface area contributed by atoms with Crippen molar-refractivity contribution >= 4 is 39.1 Å². The molecule has 0 unspecified atom stereocenters. The molecular formula is C26H25ClN4O4S. The van der Waals surface area contributed by atoms with Gasteiger partial charge in [0.05, 0.1) is 22.6 Å². The number of carbonyl (C=O) groups excluding carboxylic acids is 1. The van der Waals surface area contributed by atoms with Crippen LogP contribution in [0.3, 0.4) is 0 Å². The molecule has 5 rings (SSSR count). The Labute approximate surface area is 214 Å². The van der Waals surface area contributed by atoms with Crippen molar-refractivity contribution in [2.75, 3.05) is 20.2 Å². The highest BCUT2D eigenvalue weighted by Gasteiger charge is 2.32. The number of ether oxygens (including phenoxy) is 1. The first-order valence-corrected chi connectivity index (χ1v) is 13.4. The first-order chi connectivity index (χ1) is 17.3. The van der Waals surface area contributed by atoms with Crippen molar-refractivity contribution in [2.45, 2.75) is 30.7 Å². The van der Waals surface area contributed by atoms with Crippen LogP contribution in [-0.2, 0) is 10.0 Å². The average Bonchev–Trinajstić information content (AvgIpc) is 3.26. The Bertz CT molecular complexity index is 1560. The van der Waals surface area contributed by atoms with Gasteiger partial charge in [0, 0.05) is 30.4 Å². The van der Waals surface area contributed by atoms with Crippen LogP contribution in [0.1, 0.15) is 34.9 Å². The van der Waals surface area contributed by atoms with Crippen LogP contribution in [0.2, 0.25) is 5.02 Å². The maximum atomic E-state index is 13.4. The predicted octanol–water partition coefficient (Wildman–Crippen LogP) is 4.91. The standard InChI is InChI=1S/C26H25ClN4O4S/c1-17-7-9-23-26(28-17)31(25(29-23)21-5-3-4-6-22(21)27)19-11-13-30(14-12-19)36(33,34)20-8-10-24(35-2)18(15-20)16-32/h3-10,15-16,19H,11-14H2,1-2H3. The molecule has 0 radical (unpaired) electrons. The molecule has 0 spiro atoms. The summed E-state index contributed by atoms with van der Waals surface area (Å²) in [6.07, 6.45) is 1.75. The van der Waals surface area contributed by atoms with Gasteiger partial charge in [-0.2, -0.15) is 4.31 Å². The van der Waals surface area contributed by atoms with Gasteiger partial charge in [0.15, 0.2) is 11.9 Å². The van der Waals surface area contributed by atoms with Crippen molar-refractivity contribution < 1.29 is 17.9 Å². The number of hydrogen-bond acceptors (Lipinski definition) is 6. The molecule has 0 atom stereocenters. The Hall–Kier alpha value is -3.27. The van der Waals surface area contributed by atoms with Crippen molar-refractivity contribution in [3.05, 3.63) is 70.9 Å². The number of aromatic nitrogens is 3. The Morgan fingerprint density at radius 2 is 1.81 bits per heavy atom. The summed E-state index contributed by atoms with van der Waals surface area (Å²) >= 11 is 6.53. The van der Waals surface area contributed by atoms with Crippen LogP contribution in [0.4, 0.5) is 0 Å². The minimum absolute atomic E-state index is 0.0107. The maximum absolute atomic E-state index is 13.4. The third-order valence-electron chi connectivity index (χ3n) is 6.55. The van der Waals surface area contributed by atoms with E-state index in [9.17, 15) is 13.2 Å². The summed E-state index contributed by atoms with van der Waals surface area (Å²) in [5.74, 6) is 1.06. The summed E-state index contributed by atoms with van der Waals surface area (Å²) in [4.78, 5) is 21.1. The molecule has 10 heteroatoms. The van der Waals surface area contributed by atoms with E-state index in [2.05, 4.69) is 4.57 Å². The van der Waals surface area contributed by atoms with E-state index in [0.717, 1.165) is 28.2 Å². The second-order valence-electron chi connectivity index (χ2n) is 8.74. The van der Waals surface area contributed by atoms with Gasteiger partial charge in [-0.05, 0) is 62.2 Å². The zero-order valence-corrected chi connectivity index (χ0v) is 21.5. The van der Waals surface area contributed by atoms with Crippen LogP contribution in [0.25, 0.3) is 22.6 Å². The first-order valence-electron chi connectivity index (χ1n) is 11.6. The number of carbonyl (C=O) groups is 1. The number of piperidine rings is 1. The fourth-order valence-electron chi connectivity index (χ4n) is 4.70. The molecule has 0 aliphatic carbocycles. The number of benzene rings is 2. The average molecular weight is 525 g/mol. The van der Waals surface area contributed by atoms with Gasteiger partial charge >= 0.3 is 0 Å². The Morgan fingerprint density at radius 3 is 2.50 bits per heavy atom. The number of methoxy groups -OCH3 is 1. The molecular weight excluding hydrogens is 500 g/mol. The molecule has 1 aliphatic heterocycles. The molecule has 36 heavy (non-hydrogen) atoms. The third kappa shape index (κ3) is 4.27. The lowest BCUT2D eigenvalue weighted by atomic mass is 10.1. The number of hydrogen-bond donors (Lipinski definition) is 0. The quantitative estimate of drug-likeness (QED) is 0.333. The lowest BCUT2D eigenvalue weighted by molar-refractivity contribution is 0.112. The topological polar surface area (TPSA) is 94.4 Å². The van der Waals surface area contributed by atoms with Crippen LogP contribution < -0.4 is 4.74 Å². The van der Waals surface area contributed by atoms with E-state index < -0.39 is 10.0 Å². The van der Waals surface area contributed by atoms with Gasteiger partial charge < -0.3 is 9.30 Å². The fourth-order valence-corrected chi connectivity index (χ4v) is 6.43. The van der Waals surface area contributed by atoms with Crippen molar-refractivity contribution in [1.82, 2.24) is 18.8 Å². The molecule has 0 amide bonds. The summed E-state index contributed by atoms with van der Waals surface area (Å²) < 4.78 is 35.4. The number of aldehydes is 1. The number of imidazole rings is 1. The van der Waals surface area contributed by atoms with E-state index in [1.807, 2.05) is 43.3 Å². The minimum Gasteiger partial charge on any atom is -0.496 e. The number of aryl methyl sites for hydroxylation is 1. The Kier molecular flexibility index (Phi) is 6.55. The van der Waals surface area contributed by atoms with Gasteiger partial charge in [-0.15, -0.1) is 0 Å². The summed E-state index contributed by atoms with van der Waals surface area (Å²) in [6, 6.07) is 15.8. The van der Waals surface area contributed by atoms with Crippen molar-refractivity contribution in [3.63, 3.8) is 0 Å². The Morgan fingerprint density at radius 1 is 1.06 bits per heavy atom. The summed E-state index contributed by atoms with van der Waals surface area (Å²) in [5.41, 5.74) is 3.41. The van der Waals surface area contributed by atoms with E-state index in [-0.39, 0.29) is 16.5 Å². The Balaban J connectivity index is 1.47. The summed E-state index contributed by atoms with van der Waals surface area (Å²) in [6.45, 7) is 2.58. The molecule has 1 fully saturated rings. The van der Waals surface area contributed by atoms with Gasteiger partial charge in [-0.3, -0.25) is 4.79 Å². The molecule has 0 saturated carbocycles. The van der Waals surface area contributed by atoms with E-state index in [4.69, 9.17) is 26.3 Å². The first kappa shape index (κ1) is 24.4. The maximum Gasteiger partial charge on any atom is 0.243 e. The van der Waals surface area contributed by atoms with E-state index in [1.165, 1.54) is 29.6 Å². The molecule has 1 saturated heterocycles. The van der Waals surface area contributed by atoms with Gasteiger partial charge in [0.25, 0.3) is 0 Å². The van der Waals surface area contributed by atoms with Gasteiger partial charge in [0.2, 0.25) is 10.0 Å². The monoisotopic (exact) mass is 524 g/mol. The zero-order valence-electron chi connectivity index (χ0n) is 19.9. The van der Waals surface area contributed by atoms with E-state index >= 15 is 0 Å². The summed E-state index contributed by atoms with van der Waals surface area (Å²) in [7, 11) is -2.33. The summed E-state index contributed by atoms with van der Waals surface area (Å²) in [5, 5.41) is 0.594. The number of pyridine rings is 1. The lowest BCUT2D eigenvalue weighted by Gasteiger charge is -2.32. The van der Waals surface area contributed by atoms with Crippen LogP contribution >= 0.6 is 11.6 Å². The van der Waals surface area contributed by atoms with Crippen LogP contribution in [0, 0.1) is 6.92 Å². The largest absolute Gasteiger partial charge is 0.496 e. The van der Waals surface area contributed by atoms with Crippen molar-refractivity contribution in [3.8, 4) is 17.1 Å².